The Bertz CT molecular complexity index is 215. The lowest BCUT2D eigenvalue weighted by Crippen LogP contribution is -2.58. The van der Waals surface area contributed by atoms with E-state index in [1.165, 1.54) is 25.9 Å². The molecule has 1 aliphatic carbocycles. The maximum atomic E-state index is 3.64. The van der Waals surface area contributed by atoms with Gasteiger partial charge in [-0.25, -0.2) is 0 Å². The number of rotatable bonds is 4. The van der Waals surface area contributed by atoms with E-state index in [1.807, 2.05) is 0 Å². The van der Waals surface area contributed by atoms with Gasteiger partial charge in [-0.3, -0.25) is 9.80 Å². The molecule has 1 aliphatic heterocycles. The van der Waals surface area contributed by atoms with Gasteiger partial charge < -0.3 is 5.32 Å². The summed E-state index contributed by atoms with van der Waals surface area (Å²) in [6, 6.07) is 2.89. The molecule has 16 heavy (non-hydrogen) atoms. The van der Waals surface area contributed by atoms with Gasteiger partial charge in [-0.2, -0.15) is 0 Å². The molecular weight excluding hydrogens is 198 g/mol. The van der Waals surface area contributed by atoms with E-state index in [9.17, 15) is 0 Å². The molecular formula is C13H27N3. The quantitative estimate of drug-likeness (QED) is 0.774. The molecule has 3 unspecified atom stereocenters. The van der Waals surface area contributed by atoms with Crippen molar-refractivity contribution in [1.29, 1.82) is 0 Å². The predicted octanol–water partition coefficient (Wildman–Crippen LogP) is 1.15. The van der Waals surface area contributed by atoms with E-state index in [0.717, 1.165) is 12.6 Å². The molecule has 0 radical (unpaired) electrons. The Morgan fingerprint density at radius 2 is 1.75 bits per heavy atom. The van der Waals surface area contributed by atoms with E-state index in [4.69, 9.17) is 0 Å². The topological polar surface area (TPSA) is 18.5 Å². The maximum absolute atomic E-state index is 3.64. The molecule has 1 N–H and O–H groups in total. The van der Waals surface area contributed by atoms with Gasteiger partial charge in [0.25, 0.3) is 0 Å². The van der Waals surface area contributed by atoms with Crippen molar-refractivity contribution < 1.29 is 0 Å². The highest BCUT2D eigenvalue weighted by molar-refractivity contribution is 4.88. The van der Waals surface area contributed by atoms with E-state index < -0.39 is 0 Å². The third-order valence-electron chi connectivity index (χ3n) is 4.29. The van der Waals surface area contributed by atoms with Crippen molar-refractivity contribution >= 4 is 0 Å². The second kappa shape index (κ2) is 5.03. The fraction of sp³-hybridized carbons (Fsp3) is 1.00. The smallest absolute Gasteiger partial charge is 0.0195 e. The lowest BCUT2D eigenvalue weighted by molar-refractivity contribution is 0.0380. The highest BCUT2D eigenvalue weighted by Crippen LogP contribution is 2.19. The highest BCUT2D eigenvalue weighted by Gasteiger charge is 2.29. The lowest BCUT2D eigenvalue weighted by atomic mass is 10.1. The van der Waals surface area contributed by atoms with Crippen LogP contribution in [0.3, 0.4) is 0 Å². The monoisotopic (exact) mass is 225 g/mol. The third kappa shape index (κ3) is 2.96. The van der Waals surface area contributed by atoms with Crippen LogP contribution in [0.4, 0.5) is 0 Å². The second-order valence-corrected chi connectivity index (χ2v) is 5.85. The summed E-state index contributed by atoms with van der Waals surface area (Å²) >= 11 is 0. The summed E-state index contributed by atoms with van der Waals surface area (Å²) in [5.74, 6) is 0. The number of piperazine rings is 1. The molecule has 1 saturated carbocycles. The fourth-order valence-corrected chi connectivity index (χ4v) is 2.56. The number of likely N-dealkylation sites (N-methyl/N-ethyl adjacent to an activating group) is 1. The molecule has 0 aromatic rings. The van der Waals surface area contributed by atoms with E-state index in [0.29, 0.717) is 18.1 Å². The Kier molecular flexibility index (Phi) is 3.88. The molecule has 0 aromatic heterocycles. The molecule has 94 valence electrons. The molecule has 0 spiro atoms. The SMILES string of the molecule is CC(CNC1CC1)N1CC(C)N(C)C(C)C1. The van der Waals surface area contributed by atoms with Crippen molar-refractivity contribution in [2.45, 2.75) is 57.8 Å². The molecule has 3 heteroatoms. The third-order valence-corrected chi connectivity index (χ3v) is 4.29. The van der Waals surface area contributed by atoms with Crippen molar-refractivity contribution in [1.82, 2.24) is 15.1 Å². The Balaban J connectivity index is 1.78. The van der Waals surface area contributed by atoms with Crippen LogP contribution in [-0.4, -0.2) is 60.6 Å². The van der Waals surface area contributed by atoms with Crippen LogP contribution in [-0.2, 0) is 0 Å². The Morgan fingerprint density at radius 3 is 2.25 bits per heavy atom. The fourth-order valence-electron chi connectivity index (χ4n) is 2.56. The van der Waals surface area contributed by atoms with Gasteiger partial charge in [-0.15, -0.1) is 0 Å². The van der Waals surface area contributed by atoms with Gasteiger partial charge in [0.15, 0.2) is 0 Å². The van der Waals surface area contributed by atoms with Crippen molar-refractivity contribution in [2.75, 3.05) is 26.7 Å². The van der Waals surface area contributed by atoms with Crippen molar-refractivity contribution in [2.24, 2.45) is 0 Å². The zero-order valence-electron chi connectivity index (χ0n) is 11.2. The molecule has 0 amide bonds. The summed E-state index contributed by atoms with van der Waals surface area (Å²) in [5, 5.41) is 3.64. The minimum absolute atomic E-state index is 0.680. The van der Waals surface area contributed by atoms with E-state index in [1.54, 1.807) is 0 Å². The van der Waals surface area contributed by atoms with Gasteiger partial charge in [0, 0.05) is 43.8 Å². The molecule has 2 fully saturated rings. The van der Waals surface area contributed by atoms with Crippen LogP contribution in [0.15, 0.2) is 0 Å². The van der Waals surface area contributed by atoms with Gasteiger partial charge in [0.1, 0.15) is 0 Å². The van der Waals surface area contributed by atoms with E-state index in [-0.39, 0.29) is 0 Å². The first-order chi connectivity index (χ1) is 7.58. The molecule has 3 nitrogen and oxygen atoms in total. The molecule has 1 heterocycles. The van der Waals surface area contributed by atoms with E-state index in [2.05, 4.69) is 42.9 Å². The van der Waals surface area contributed by atoms with Gasteiger partial charge in [-0.05, 0) is 40.7 Å². The van der Waals surface area contributed by atoms with Crippen molar-refractivity contribution in [3.8, 4) is 0 Å². The van der Waals surface area contributed by atoms with Crippen LogP contribution in [0, 0.1) is 0 Å². The van der Waals surface area contributed by atoms with E-state index >= 15 is 0 Å². The largest absolute Gasteiger partial charge is 0.312 e. The summed E-state index contributed by atoms with van der Waals surface area (Å²) in [5.41, 5.74) is 0. The maximum Gasteiger partial charge on any atom is 0.0195 e. The van der Waals surface area contributed by atoms with Gasteiger partial charge >= 0.3 is 0 Å². The molecule has 1 saturated heterocycles. The van der Waals surface area contributed by atoms with Gasteiger partial charge in [0.2, 0.25) is 0 Å². The van der Waals surface area contributed by atoms with Crippen LogP contribution < -0.4 is 5.32 Å². The van der Waals surface area contributed by atoms with Crippen LogP contribution in [0.25, 0.3) is 0 Å². The lowest BCUT2D eigenvalue weighted by Gasteiger charge is -2.45. The predicted molar refractivity (Wildman–Crippen MR) is 68.7 cm³/mol. The Morgan fingerprint density at radius 1 is 1.19 bits per heavy atom. The standard InChI is InChI=1S/C13H27N3/c1-10(7-14-13-5-6-13)16-8-11(2)15(4)12(3)9-16/h10-14H,5-9H2,1-4H3. The average molecular weight is 225 g/mol. The molecule has 3 atom stereocenters. The summed E-state index contributed by atoms with van der Waals surface area (Å²) in [4.78, 5) is 5.14. The van der Waals surface area contributed by atoms with Crippen LogP contribution in [0.1, 0.15) is 33.6 Å². The summed E-state index contributed by atoms with van der Waals surface area (Å²) < 4.78 is 0. The van der Waals surface area contributed by atoms with Crippen molar-refractivity contribution in [3.63, 3.8) is 0 Å². The number of hydrogen-bond donors (Lipinski definition) is 1. The number of nitrogens with one attached hydrogen (secondary N) is 1. The number of hydrogen-bond acceptors (Lipinski definition) is 3. The molecule has 0 aromatic carbocycles. The van der Waals surface area contributed by atoms with Crippen LogP contribution in [0.5, 0.6) is 0 Å². The Labute approximate surface area is 100 Å². The first kappa shape index (κ1) is 12.3. The average Bonchev–Trinajstić information content (AvgIpc) is 3.05. The number of nitrogens with zero attached hydrogens (tertiary/aromatic N) is 2. The first-order valence-electron chi connectivity index (χ1n) is 6.77. The summed E-state index contributed by atoms with van der Waals surface area (Å²) in [6.07, 6.45) is 2.78. The zero-order chi connectivity index (χ0) is 11.7. The van der Waals surface area contributed by atoms with Gasteiger partial charge in [-0.1, -0.05) is 0 Å². The molecule has 2 aliphatic rings. The van der Waals surface area contributed by atoms with Gasteiger partial charge in [0.05, 0.1) is 0 Å². The first-order valence-corrected chi connectivity index (χ1v) is 6.77. The van der Waals surface area contributed by atoms with Crippen LogP contribution in [0.2, 0.25) is 0 Å². The van der Waals surface area contributed by atoms with Crippen molar-refractivity contribution in [3.05, 3.63) is 0 Å². The second-order valence-electron chi connectivity index (χ2n) is 5.85. The summed E-state index contributed by atoms with van der Waals surface area (Å²) in [7, 11) is 2.25. The van der Waals surface area contributed by atoms with Crippen LogP contribution >= 0.6 is 0 Å². The molecule has 0 bridgehead atoms. The minimum Gasteiger partial charge on any atom is -0.312 e. The molecule has 2 rings (SSSR count). The highest BCUT2D eigenvalue weighted by atomic mass is 15.3. The zero-order valence-corrected chi connectivity index (χ0v) is 11.2. The minimum atomic E-state index is 0.680. The normalized spacial score (nSPS) is 35.2. The summed E-state index contributed by atoms with van der Waals surface area (Å²) in [6.45, 7) is 10.6. The Hall–Kier alpha value is -0.120.